The Morgan fingerprint density at radius 3 is 2.56 bits per heavy atom. The van der Waals surface area contributed by atoms with E-state index in [1.807, 2.05) is 19.9 Å². The fourth-order valence-electron chi connectivity index (χ4n) is 2.33. The van der Waals surface area contributed by atoms with Crippen molar-refractivity contribution in [2.45, 2.75) is 39.5 Å². The Bertz CT molecular complexity index is 714. The summed E-state index contributed by atoms with van der Waals surface area (Å²) in [6.45, 7) is 4.73. The molecule has 0 aliphatic rings. The van der Waals surface area contributed by atoms with E-state index in [1.54, 1.807) is 19.2 Å². The molecule has 0 saturated carbocycles. The molecule has 8 heteroatoms. The van der Waals surface area contributed by atoms with Gasteiger partial charge in [0.2, 0.25) is 5.88 Å². The zero-order valence-corrected chi connectivity index (χ0v) is 14.3. The van der Waals surface area contributed by atoms with Gasteiger partial charge in [-0.2, -0.15) is 13.2 Å². The number of nitrogens with zero attached hydrogens (tertiary/aromatic N) is 2. The number of pyridine rings is 2. The maximum absolute atomic E-state index is 12.2. The number of nitrogens with two attached hydrogens (primary N) is 1. The number of hydrogen-bond acceptors (Lipinski definition) is 5. The second kappa shape index (κ2) is 7.69. The summed E-state index contributed by atoms with van der Waals surface area (Å²) in [5.74, 6) is 0.463. The Morgan fingerprint density at radius 1 is 1.24 bits per heavy atom. The number of ether oxygens (including phenoxy) is 1. The largest absolute Gasteiger partial charge is 0.468 e. The molecule has 0 amide bonds. The lowest BCUT2D eigenvalue weighted by Crippen LogP contribution is -2.21. The van der Waals surface area contributed by atoms with Crippen molar-refractivity contribution in [1.82, 2.24) is 15.3 Å². The molecular formula is C17H21F3N4O. The molecule has 0 spiro atoms. The van der Waals surface area contributed by atoms with Crippen LogP contribution in [0.4, 0.5) is 19.0 Å². The van der Waals surface area contributed by atoms with Gasteiger partial charge in [-0.1, -0.05) is 0 Å². The van der Waals surface area contributed by atoms with Crippen molar-refractivity contribution in [3.8, 4) is 5.88 Å². The lowest BCUT2D eigenvalue weighted by Gasteiger charge is -2.17. The smallest absolute Gasteiger partial charge is 0.422 e. The van der Waals surface area contributed by atoms with Crippen LogP contribution < -0.4 is 15.8 Å². The van der Waals surface area contributed by atoms with Crippen LogP contribution in [0, 0.1) is 13.8 Å². The van der Waals surface area contributed by atoms with Gasteiger partial charge >= 0.3 is 6.18 Å². The number of nitrogens with one attached hydrogen (secondary N) is 1. The zero-order valence-electron chi connectivity index (χ0n) is 14.3. The van der Waals surface area contributed by atoms with Crippen molar-refractivity contribution in [2.24, 2.45) is 0 Å². The highest BCUT2D eigenvalue weighted by molar-refractivity contribution is 5.43. The van der Waals surface area contributed by atoms with Crippen molar-refractivity contribution in [2.75, 3.05) is 12.3 Å². The van der Waals surface area contributed by atoms with Crippen LogP contribution in [0.5, 0.6) is 5.88 Å². The maximum atomic E-state index is 12.2. The SMILES string of the molecule is Cc1cc(C(C)NCc2c(C)ccnc2N)cnc1OCC(F)(F)F. The second-order valence-electron chi connectivity index (χ2n) is 5.89. The van der Waals surface area contributed by atoms with E-state index < -0.39 is 12.8 Å². The van der Waals surface area contributed by atoms with Crippen molar-refractivity contribution in [3.63, 3.8) is 0 Å². The third-order valence-electron chi connectivity index (χ3n) is 3.83. The van der Waals surface area contributed by atoms with Crippen LogP contribution in [0.25, 0.3) is 0 Å². The lowest BCUT2D eigenvalue weighted by molar-refractivity contribution is -0.154. The molecule has 0 aliphatic heterocycles. The van der Waals surface area contributed by atoms with Gasteiger partial charge in [-0.05, 0) is 44.0 Å². The van der Waals surface area contributed by atoms with E-state index in [-0.39, 0.29) is 11.9 Å². The topological polar surface area (TPSA) is 73.1 Å². The average Bonchev–Trinajstić information content (AvgIpc) is 2.52. The van der Waals surface area contributed by atoms with E-state index in [0.29, 0.717) is 17.9 Å². The van der Waals surface area contributed by atoms with Crippen LogP contribution in [0.2, 0.25) is 0 Å². The Kier molecular flexibility index (Phi) is 5.84. The van der Waals surface area contributed by atoms with Crippen molar-refractivity contribution in [1.29, 1.82) is 0 Å². The molecule has 1 atom stereocenters. The molecule has 2 rings (SSSR count). The number of alkyl halides is 3. The van der Waals surface area contributed by atoms with Crippen molar-refractivity contribution < 1.29 is 17.9 Å². The molecule has 1 unspecified atom stereocenters. The molecule has 3 N–H and O–H groups in total. The molecule has 2 aromatic heterocycles. The van der Waals surface area contributed by atoms with Crippen LogP contribution in [0.15, 0.2) is 24.5 Å². The summed E-state index contributed by atoms with van der Waals surface area (Å²) in [5, 5.41) is 3.32. The first-order valence-corrected chi connectivity index (χ1v) is 7.77. The lowest BCUT2D eigenvalue weighted by atomic mass is 10.1. The van der Waals surface area contributed by atoms with Gasteiger partial charge in [0.25, 0.3) is 0 Å². The normalized spacial score (nSPS) is 12.9. The standard InChI is InChI=1S/C17H21F3N4O/c1-10-4-5-22-15(21)14(10)8-23-12(3)13-6-11(2)16(24-7-13)25-9-17(18,19)20/h4-7,12,23H,8-9H2,1-3H3,(H2,21,22). The van der Waals surface area contributed by atoms with Gasteiger partial charge in [-0.15, -0.1) is 0 Å². The number of aromatic nitrogens is 2. The second-order valence-corrected chi connectivity index (χ2v) is 5.89. The summed E-state index contributed by atoms with van der Waals surface area (Å²) in [6, 6.07) is 3.58. The number of anilines is 1. The molecule has 0 fully saturated rings. The first-order chi connectivity index (χ1) is 11.7. The molecule has 2 aromatic rings. The van der Waals surface area contributed by atoms with Gasteiger partial charge in [0.05, 0.1) is 0 Å². The molecule has 0 saturated heterocycles. The molecule has 0 aliphatic carbocycles. The summed E-state index contributed by atoms with van der Waals surface area (Å²) in [4.78, 5) is 8.07. The van der Waals surface area contributed by atoms with Crippen LogP contribution in [-0.2, 0) is 6.54 Å². The maximum Gasteiger partial charge on any atom is 0.422 e. The fraction of sp³-hybridized carbons (Fsp3) is 0.412. The Labute approximate surface area is 144 Å². The van der Waals surface area contributed by atoms with E-state index >= 15 is 0 Å². The van der Waals surface area contributed by atoms with Gasteiger partial charge in [0.1, 0.15) is 5.82 Å². The number of aryl methyl sites for hydroxylation is 2. The summed E-state index contributed by atoms with van der Waals surface area (Å²) in [5.41, 5.74) is 9.24. The minimum Gasteiger partial charge on any atom is -0.468 e. The molecule has 25 heavy (non-hydrogen) atoms. The highest BCUT2D eigenvalue weighted by Crippen LogP contribution is 2.23. The number of nitrogen functional groups attached to an aromatic ring is 1. The predicted octanol–water partition coefficient (Wildman–Crippen LogP) is 3.47. The van der Waals surface area contributed by atoms with E-state index in [1.165, 1.54) is 6.20 Å². The molecular weight excluding hydrogens is 333 g/mol. The first kappa shape index (κ1) is 19.0. The summed E-state index contributed by atoms with van der Waals surface area (Å²) >= 11 is 0. The molecule has 136 valence electrons. The highest BCUT2D eigenvalue weighted by Gasteiger charge is 2.29. The van der Waals surface area contributed by atoms with Crippen molar-refractivity contribution in [3.05, 3.63) is 46.8 Å². The van der Waals surface area contributed by atoms with Gasteiger partial charge in [0.15, 0.2) is 6.61 Å². The van der Waals surface area contributed by atoms with Gasteiger partial charge in [0, 0.05) is 36.1 Å². The minimum atomic E-state index is -4.39. The number of hydrogen-bond donors (Lipinski definition) is 2. The Balaban J connectivity index is 2.02. The van der Waals surface area contributed by atoms with Crippen LogP contribution in [0.1, 0.15) is 35.2 Å². The molecule has 5 nitrogen and oxygen atoms in total. The molecule has 0 radical (unpaired) electrons. The van der Waals surface area contributed by atoms with Crippen LogP contribution in [0.3, 0.4) is 0 Å². The van der Waals surface area contributed by atoms with E-state index in [0.717, 1.165) is 16.7 Å². The fourth-order valence-corrected chi connectivity index (χ4v) is 2.33. The summed E-state index contributed by atoms with van der Waals surface area (Å²) in [7, 11) is 0. The molecule has 0 aromatic carbocycles. The zero-order chi connectivity index (χ0) is 18.6. The van der Waals surface area contributed by atoms with E-state index in [2.05, 4.69) is 15.3 Å². The van der Waals surface area contributed by atoms with Gasteiger partial charge in [-0.3, -0.25) is 0 Å². The summed E-state index contributed by atoms with van der Waals surface area (Å²) in [6.07, 6.45) is -1.22. The number of rotatable bonds is 6. The molecule has 2 heterocycles. The third kappa shape index (κ3) is 5.32. The van der Waals surface area contributed by atoms with Crippen molar-refractivity contribution >= 4 is 5.82 Å². The summed E-state index contributed by atoms with van der Waals surface area (Å²) < 4.78 is 41.4. The van der Waals surface area contributed by atoms with E-state index in [4.69, 9.17) is 10.5 Å². The Morgan fingerprint density at radius 2 is 1.96 bits per heavy atom. The first-order valence-electron chi connectivity index (χ1n) is 7.77. The quantitative estimate of drug-likeness (QED) is 0.831. The van der Waals surface area contributed by atoms with E-state index in [9.17, 15) is 13.2 Å². The molecule has 0 bridgehead atoms. The minimum absolute atomic E-state index is 0.0133. The van der Waals surface area contributed by atoms with Crippen LogP contribution in [-0.4, -0.2) is 22.8 Å². The Hall–Kier alpha value is -2.35. The number of halogens is 3. The highest BCUT2D eigenvalue weighted by atomic mass is 19.4. The van der Waals surface area contributed by atoms with Gasteiger partial charge in [-0.25, -0.2) is 9.97 Å². The average molecular weight is 354 g/mol. The predicted molar refractivity (Wildman–Crippen MR) is 89.2 cm³/mol. The monoisotopic (exact) mass is 354 g/mol. The van der Waals surface area contributed by atoms with Crippen LogP contribution >= 0.6 is 0 Å². The third-order valence-corrected chi connectivity index (χ3v) is 3.83. The van der Waals surface area contributed by atoms with Gasteiger partial charge < -0.3 is 15.8 Å².